The van der Waals surface area contributed by atoms with Crippen LogP contribution in [0.4, 0.5) is 4.39 Å². The lowest BCUT2D eigenvalue weighted by Crippen LogP contribution is -2.34. The predicted molar refractivity (Wildman–Crippen MR) is 82.0 cm³/mol. The quantitative estimate of drug-likeness (QED) is 0.841. The predicted octanol–water partition coefficient (Wildman–Crippen LogP) is 2.67. The van der Waals surface area contributed by atoms with E-state index in [1.807, 2.05) is 13.8 Å². The summed E-state index contributed by atoms with van der Waals surface area (Å²) in [5.74, 6) is -0.393. The lowest BCUT2D eigenvalue weighted by molar-refractivity contribution is 0.0784. The number of para-hydroxylation sites is 1. The van der Waals surface area contributed by atoms with Gasteiger partial charge in [0.25, 0.3) is 5.91 Å². The van der Waals surface area contributed by atoms with E-state index in [-0.39, 0.29) is 23.3 Å². The molecule has 0 fully saturated rings. The number of benzene rings is 1. The molecule has 0 saturated heterocycles. The number of rotatable bonds is 7. The first-order valence-electron chi connectivity index (χ1n) is 7.30. The van der Waals surface area contributed by atoms with Crippen molar-refractivity contribution in [3.05, 3.63) is 29.6 Å². The van der Waals surface area contributed by atoms with Crippen molar-refractivity contribution in [2.45, 2.75) is 33.2 Å². The van der Waals surface area contributed by atoms with E-state index in [1.54, 1.807) is 24.9 Å². The Kier molecular flexibility index (Phi) is 6.62. The van der Waals surface area contributed by atoms with Gasteiger partial charge in [0.1, 0.15) is 0 Å². The molecule has 21 heavy (non-hydrogen) atoms. The summed E-state index contributed by atoms with van der Waals surface area (Å²) in [6, 6.07) is 4.42. The second-order valence-electron chi connectivity index (χ2n) is 5.47. The summed E-state index contributed by atoms with van der Waals surface area (Å²) < 4.78 is 19.0. The minimum Gasteiger partial charge on any atom is -0.490 e. The topological polar surface area (TPSA) is 55.6 Å². The summed E-state index contributed by atoms with van der Waals surface area (Å²) in [5.41, 5.74) is 6.23. The first-order valence-corrected chi connectivity index (χ1v) is 7.30. The second kappa shape index (κ2) is 7.98. The van der Waals surface area contributed by atoms with E-state index in [2.05, 4.69) is 0 Å². The smallest absolute Gasteiger partial charge is 0.257 e. The van der Waals surface area contributed by atoms with E-state index < -0.39 is 5.82 Å². The van der Waals surface area contributed by atoms with Gasteiger partial charge >= 0.3 is 0 Å². The number of amides is 1. The molecule has 2 N–H and O–H groups in total. The Hall–Kier alpha value is -1.62. The average Bonchev–Trinajstić information content (AvgIpc) is 2.45. The third kappa shape index (κ3) is 4.70. The first-order chi connectivity index (χ1) is 9.88. The zero-order chi connectivity index (χ0) is 16.0. The minimum absolute atomic E-state index is 0.0185. The van der Waals surface area contributed by atoms with Gasteiger partial charge in [-0.15, -0.1) is 0 Å². The van der Waals surface area contributed by atoms with Gasteiger partial charge in [0.2, 0.25) is 0 Å². The Morgan fingerprint density at radius 1 is 1.43 bits per heavy atom. The van der Waals surface area contributed by atoms with Gasteiger partial charge in [-0.3, -0.25) is 4.79 Å². The molecule has 0 bridgehead atoms. The Bertz CT molecular complexity index is 477. The molecule has 1 unspecified atom stereocenters. The van der Waals surface area contributed by atoms with Crippen LogP contribution in [-0.2, 0) is 0 Å². The van der Waals surface area contributed by atoms with Crippen LogP contribution in [0.3, 0.4) is 0 Å². The van der Waals surface area contributed by atoms with Crippen molar-refractivity contribution in [1.82, 2.24) is 4.90 Å². The maximum Gasteiger partial charge on any atom is 0.257 e. The molecule has 0 saturated carbocycles. The molecule has 0 aliphatic rings. The summed E-state index contributed by atoms with van der Waals surface area (Å²) >= 11 is 0. The number of nitrogens with zero attached hydrogens (tertiary/aromatic N) is 1. The molecule has 1 atom stereocenters. The summed E-state index contributed by atoms with van der Waals surface area (Å²) in [5, 5.41) is 0. The average molecular weight is 296 g/mol. The monoisotopic (exact) mass is 296 g/mol. The lowest BCUT2D eigenvalue weighted by atomic mass is 10.0. The van der Waals surface area contributed by atoms with Crippen molar-refractivity contribution < 1.29 is 13.9 Å². The van der Waals surface area contributed by atoms with Crippen LogP contribution in [0, 0.1) is 11.7 Å². The number of carbonyl (C=O) groups is 1. The Morgan fingerprint density at radius 3 is 2.67 bits per heavy atom. The Balaban J connectivity index is 2.81. The van der Waals surface area contributed by atoms with E-state index in [9.17, 15) is 9.18 Å². The molecular formula is C16H25FN2O2. The third-order valence-electron chi connectivity index (χ3n) is 3.49. The zero-order valence-corrected chi connectivity index (χ0v) is 13.2. The van der Waals surface area contributed by atoms with Crippen molar-refractivity contribution in [1.29, 1.82) is 0 Å². The zero-order valence-electron chi connectivity index (χ0n) is 13.2. The highest BCUT2D eigenvalue weighted by molar-refractivity contribution is 5.96. The highest BCUT2D eigenvalue weighted by atomic mass is 19.1. The number of halogens is 1. The van der Waals surface area contributed by atoms with Gasteiger partial charge in [-0.1, -0.05) is 19.9 Å². The number of carbonyl (C=O) groups excluding carboxylic acids is 1. The van der Waals surface area contributed by atoms with E-state index in [0.717, 1.165) is 0 Å². The van der Waals surface area contributed by atoms with Gasteiger partial charge in [0.05, 0.1) is 12.2 Å². The highest BCUT2D eigenvalue weighted by Crippen LogP contribution is 2.24. The van der Waals surface area contributed by atoms with E-state index >= 15 is 0 Å². The van der Waals surface area contributed by atoms with Crippen LogP contribution in [0.15, 0.2) is 18.2 Å². The number of nitrogens with two attached hydrogens (primary N) is 1. The van der Waals surface area contributed by atoms with Crippen molar-refractivity contribution >= 4 is 5.91 Å². The summed E-state index contributed by atoms with van der Waals surface area (Å²) in [6.45, 7) is 6.69. The van der Waals surface area contributed by atoms with Gasteiger partial charge in [0, 0.05) is 19.6 Å². The molecule has 118 valence electrons. The maximum absolute atomic E-state index is 13.8. The van der Waals surface area contributed by atoms with Crippen molar-refractivity contribution in [2.24, 2.45) is 11.7 Å². The summed E-state index contributed by atoms with van der Waals surface area (Å²) in [4.78, 5) is 14.0. The van der Waals surface area contributed by atoms with E-state index in [0.29, 0.717) is 25.5 Å². The fraction of sp³-hybridized carbons (Fsp3) is 0.562. The molecule has 1 aromatic carbocycles. The Labute approximate surface area is 126 Å². The van der Waals surface area contributed by atoms with Crippen LogP contribution >= 0.6 is 0 Å². The second-order valence-corrected chi connectivity index (χ2v) is 5.47. The third-order valence-corrected chi connectivity index (χ3v) is 3.49. The molecule has 0 aliphatic heterocycles. The normalized spacial score (nSPS) is 12.3. The van der Waals surface area contributed by atoms with Crippen LogP contribution in [0.25, 0.3) is 0 Å². The Morgan fingerprint density at radius 2 is 2.10 bits per heavy atom. The fourth-order valence-corrected chi connectivity index (χ4v) is 1.95. The van der Waals surface area contributed by atoms with Gasteiger partial charge in [-0.25, -0.2) is 4.39 Å². The molecule has 1 rings (SSSR count). The molecule has 0 radical (unpaired) electrons. The molecule has 1 amide bonds. The number of ether oxygens (including phenoxy) is 1. The summed E-state index contributed by atoms with van der Waals surface area (Å²) in [7, 11) is 1.69. The lowest BCUT2D eigenvalue weighted by Gasteiger charge is -2.22. The van der Waals surface area contributed by atoms with Gasteiger partial charge in [-0.05, 0) is 31.4 Å². The number of hydrogen-bond acceptors (Lipinski definition) is 3. The van der Waals surface area contributed by atoms with Crippen LogP contribution in [0.5, 0.6) is 5.75 Å². The largest absolute Gasteiger partial charge is 0.490 e. The van der Waals surface area contributed by atoms with Crippen LogP contribution in [0.2, 0.25) is 0 Å². The maximum atomic E-state index is 13.8. The molecule has 1 aromatic rings. The van der Waals surface area contributed by atoms with E-state index in [1.165, 1.54) is 12.1 Å². The van der Waals surface area contributed by atoms with Crippen LogP contribution in [0.1, 0.15) is 37.6 Å². The van der Waals surface area contributed by atoms with Crippen molar-refractivity contribution in [2.75, 3.05) is 20.2 Å². The molecular weight excluding hydrogens is 271 g/mol. The molecule has 0 aliphatic carbocycles. The van der Waals surface area contributed by atoms with Crippen molar-refractivity contribution in [3.8, 4) is 5.75 Å². The minimum atomic E-state index is -0.519. The number of hydrogen-bond donors (Lipinski definition) is 1. The van der Waals surface area contributed by atoms with Gasteiger partial charge < -0.3 is 15.4 Å². The fourth-order valence-electron chi connectivity index (χ4n) is 1.95. The molecule has 0 heterocycles. The molecule has 0 spiro atoms. The standard InChI is InChI=1S/C16H25FN2O2/c1-5-21-15-12(7-6-8-13(15)17)16(20)19(4)10-9-14(18)11(2)3/h6-8,11,14H,5,9-10,18H2,1-4H3. The first kappa shape index (κ1) is 17.4. The molecule has 0 aromatic heterocycles. The van der Waals surface area contributed by atoms with E-state index in [4.69, 9.17) is 10.5 Å². The van der Waals surface area contributed by atoms with Gasteiger partial charge in [0.15, 0.2) is 11.6 Å². The van der Waals surface area contributed by atoms with Gasteiger partial charge in [-0.2, -0.15) is 0 Å². The molecule has 4 nitrogen and oxygen atoms in total. The van der Waals surface area contributed by atoms with Crippen molar-refractivity contribution in [3.63, 3.8) is 0 Å². The van der Waals surface area contributed by atoms with Crippen LogP contribution in [-0.4, -0.2) is 37.0 Å². The highest BCUT2D eigenvalue weighted by Gasteiger charge is 2.20. The van der Waals surface area contributed by atoms with Crippen LogP contribution < -0.4 is 10.5 Å². The summed E-state index contributed by atoms with van der Waals surface area (Å²) in [6.07, 6.45) is 0.708. The molecule has 5 heteroatoms. The SMILES string of the molecule is CCOc1c(F)cccc1C(=O)N(C)CCC(N)C(C)C.